The zero-order chi connectivity index (χ0) is 20.2. The average Bonchev–Trinajstić information content (AvgIpc) is 3.10. The quantitative estimate of drug-likeness (QED) is 0.611. The van der Waals surface area contributed by atoms with Crippen molar-refractivity contribution in [3.8, 4) is 6.07 Å². The third-order valence-corrected chi connectivity index (χ3v) is 5.32. The first-order valence-electron chi connectivity index (χ1n) is 9.47. The van der Waals surface area contributed by atoms with Gasteiger partial charge >= 0.3 is 0 Å². The number of fused-ring (bicyclic) bond motifs is 1. The summed E-state index contributed by atoms with van der Waals surface area (Å²) in [6.45, 7) is 2.68. The monoisotopic (exact) mass is 405 g/mol. The number of hydrogen-bond donors (Lipinski definition) is 0. The van der Waals surface area contributed by atoms with Gasteiger partial charge in [-0.3, -0.25) is 4.79 Å². The first-order chi connectivity index (χ1) is 14.2. The molecular weight excluding hydrogens is 386 g/mol. The molecule has 1 amide bonds. The van der Waals surface area contributed by atoms with Crippen molar-refractivity contribution in [1.82, 2.24) is 9.47 Å². The van der Waals surface area contributed by atoms with Crippen LogP contribution in [-0.2, 0) is 16.1 Å². The molecule has 0 spiro atoms. The van der Waals surface area contributed by atoms with Gasteiger partial charge in [0, 0.05) is 40.8 Å². The molecule has 0 bridgehead atoms. The summed E-state index contributed by atoms with van der Waals surface area (Å²) in [6.07, 6.45) is 3.80. The molecule has 2 heterocycles. The molecule has 4 rings (SSSR count). The van der Waals surface area contributed by atoms with Gasteiger partial charge in [-0.15, -0.1) is 0 Å². The third-order valence-electron chi connectivity index (χ3n) is 5.06. The first-order valence-corrected chi connectivity index (χ1v) is 9.84. The Hall–Kier alpha value is -3.07. The van der Waals surface area contributed by atoms with Crippen LogP contribution < -0.4 is 0 Å². The minimum absolute atomic E-state index is 0.0720. The molecule has 0 saturated carbocycles. The maximum Gasteiger partial charge on any atom is 0.242 e. The van der Waals surface area contributed by atoms with Crippen LogP contribution in [0.4, 0.5) is 0 Å². The normalized spacial score (nSPS) is 14.8. The number of ether oxygens (including phenoxy) is 1. The second kappa shape index (κ2) is 8.52. The van der Waals surface area contributed by atoms with E-state index in [-0.39, 0.29) is 12.5 Å². The topological polar surface area (TPSA) is 58.3 Å². The van der Waals surface area contributed by atoms with Crippen LogP contribution in [0.15, 0.2) is 54.7 Å². The number of morpholine rings is 1. The molecule has 3 aromatic rings. The third kappa shape index (κ3) is 4.19. The Labute approximate surface area is 174 Å². The van der Waals surface area contributed by atoms with Crippen LogP contribution in [0.5, 0.6) is 0 Å². The molecule has 5 nitrogen and oxygen atoms in total. The van der Waals surface area contributed by atoms with Gasteiger partial charge in [-0.25, -0.2) is 0 Å². The molecule has 1 aliphatic rings. The maximum atomic E-state index is 12.7. The molecule has 146 valence electrons. The van der Waals surface area contributed by atoms with Gasteiger partial charge in [0.1, 0.15) is 6.54 Å². The number of amides is 1. The molecule has 1 fully saturated rings. The van der Waals surface area contributed by atoms with Gasteiger partial charge in [0.25, 0.3) is 0 Å². The van der Waals surface area contributed by atoms with Gasteiger partial charge < -0.3 is 14.2 Å². The number of halogens is 1. The van der Waals surface area contributed by atoms with Crippen LogP contribution in [0.25, 0.3) is 22.6 Å². The van der Waals surface area contributed by atoms with Gasteiger partial charge in [-0.2, -0.15) is 5.26 Å². The van der Waals surface area contributed by atoms with E-state index >= 15 is 0 Å². The largest absolute Gasteiger partial charge is 0.378 e. The van der Waals surface area contributed by atoms with Crippen molar-refractivity contribution >= 4 is 40.1 Å². The van der Waals surface area contributed by atoms with Crippen LogP contribution in [0.1, 0.15) is 11.1 Å². The van der Waals surface area contributed by atoms with E-state index in [1.54, 1.807) is 12.1 Å². The van der Waals surface area contributed by atoms with E-state index in [4.69, 9.17) is 16.3 Å². The number of hydrogen-bond acceptors (Lipinski definition) is 3. The molecule has 29 heavy (non-hydrogen) atoms. The number of para-hydroxylation sites is 1. The number of nitrogens with zero attached hydrogens (tertiary/aromatic N) is 3. The summed E-state index contributed by atoms with van der Waals surface area (Å²) in [5.74, 6) is 0.0720. The predicted octanol–water partition coefficient (Wildman–Crippen LogP) is 4.22. The van der Waals surface area contributed by atoms with Gasteiger partial charge in [-0.05, 0) is 29.8 Å². The number of aromatic nitrogens is 1. The van der Waals surface area contributed by atoms with Gasteiger partial charge in [0.05, 0.1) is 24.9 Å². The summed E-state index contributed by atoms with van der Waals surface area (Å²) >= 11 is 5.96. The van der Waals surface area contributed by atoms with Crippen molar-refractivity contribution < 1.29 is 9.53 Å². The highest BCUT2D eigenvalue weighted by Crippen LogP contribution is 2.27. The van der Waals surface area contributed by atoms with E-state index in [9.17, 15) is 10.1 Å². The van der Waals surface area contributed by atoms with E-state index in [1.165, 1.54) is 0 Å². The first kappa shape index (κ1) is 19.3. The average molecular weight is 406 g/mol. The number of carbonyl (C=O) groups excluding carboxylic acids is 1. The van der Waals surface area contributed by atoms with Crippen LogP contribution >= 0.6 is 11.6 Å². The number of allylic oxidation sites excluding steroid dienone is 1. The number of carbonyl (C=O) groups is 1. The second-order valence-electron chi connectivity index (χ2n) is 6.90. The summed E-state index contributed by atoms with van der Waals surface area (Å²) in [5, 5.41) is 11.3. The molecule has 2 aromatic carbocycles. The zero-order valence-electron chi connectivity index (χ0n) is 15.8. The molecule has 0 atom stereocenters. The summed E-state index contributed by atoms with van der Waals surface area (Å²) < 4.78 is 7.29. The Morgan fingerprint density at radius 2 is 1.86 bits per heavy atom. The van der Waals surface area contributed by atoms with E-state index in [0.29, 0.717) is 36.9 Å². The van der Waals surface area contributed by atoms with Crippen molar-refractivity contribution in [2.24, 2.45) is 0 Å². The Morgan fingerprint density at radius 1 is 1.14 bits per heavy atom. The molecule has 1 aliphatic heterocycles. The highest BCUT2D eigenvalue weighted by Gasteiger charge is 2.18. The van der Waals surface area contributed by atoms with Crippen LogP contribution in [0.3, 0.4) is 0 Å². The smallest absolute Gasteiger partial charge is 0.242 e. The van der Waals surface area contributed by atoms with Crippen LogP contribution in [0.2, 0.25) is 5.02 Å². The fourth-order valence-electron chi connectivity index (χ4n) is 3.54. The standard InChI is InChI=1S/C23H20ClN3O2/c24-20-7-5-17(6-8-20)18(14-25)13-19-15-27(22-4-2-1-3-21(19)22)16-23(28)26-9-11-29-12-10-26/h1-8,13,15H,9-12,16H2. The Kier molecular flexibility index (Phi) is 5.66. The van der Waals surface area contributed by atoms with Crippen molar-refractivity contribution in [2.45, 2.75) is 6.54 Å². The predicted molar refractivity (Wildman–Crippen MR) is 114 cm³/mol. The van der Waals surface area contributed by atoms with Gasteiger partial charge in [0.15, 0.2) is 0 Å². The van der Waals surface area contributed by atoms with E-state index in [0.717, 1.165) is 22.0 Å². The lowest BCUT2D eigenvalue weighted by atomic mass is 10.0. The van der Waals surface area contributed by atoms with E-state index < -0.39 is 0 Å². The van der Waals surface area contributed by atoms with Gasteiger partial charge in [-0.1, -0.05) is 41.9 Å². The fourth-order valence-corrected chi connectivity index (χ4v) is 3.67. The highest BCUT2D eigenvalue weighted by molar-refractivity contribution is 6.30. The fraction of sp³-hybridized carbons (Fsp3) is 0.217. The van der Waals surface area contributed by atoms with Crippen molar-refractivity contribution in [3.63, 3.8) is 0 Å². The van der Waals surface area contributed by atoms with E-state index in [2.05, 4.69) is 6.07 Å². The van der Waals surface area contributed by atoms with Crippen molar-refractivity contribution in [3.05, 3.63) is 70.9 Å². The number of rotatable bonds is 4. The summed E-state index contributed by atoms with van der Waals surface area (Å²) in [6, 6.07) is 17.4. The van der Waals surface area contributed by atoms with Crippen molar-refractivity contribution in [1.29, 1.82) is 5.26 Å². The van der Waals surface area contributed by atoms with Gasteiger partial charge in [0.2, 0.25) is 5.91 Å². The number of benzene rings is 2. The molecule has 1 saturated heterocycles. The summed E-state index contributed by atoms with van der Waals surface area (Å²) in [4.78, 5) is 14.6. The highest BCUT2D eigenvalue weighted by atomic mass is 35.5. The van der Waals surface area contributed by atoms with Crippen molar-refractivity contribution in [2.75, 3.05) is 26.3 Å². The van der Waals surface area contributed by atoms with Crippen LogP contribution in [-0.4, -0.2) is 41.7 Å². The summed E-state index contributed by atoms with van der Waals surface area (Å²) in [5.41, 5.74) is 3.22. The lowest BCUT2D eigenvalue weighted by Crippen LogP contribution is -2.42. The minimum Gasteiger partial charge on any atom is -0.378 e. The molecule has 0 radical (unpaired) electrons. The lowest BCUT2D eigenvalue weighted by molar-refractivity contribution is -0.135. The molecular formula is C23H20ClN3O2. The number of nitriles is 1. The Bertz CT molecular complexity index is 1100. The maximum absolute atomic E-state index is 12.7. The summed E-state index contributed by atoms with van der Waals surface area (Å²) in [7, 11) is 0. The van der Waals surface area contributed by atoms with Crippen LogP contribution in [0, 0.1) is 11.3 Å². The molecule has 0 aliphatic carbocycles. The molecule has 1 aromatic heterocycles. The minimum atomic E-state index is 0.0720. The molecule has 0 unspecified atom stereocenters. The second-order valence-corrected chi connectivity index (χ2v) is 7.34. The Balaban J connectivity index is 1.69. The van der Waals surface area contributed by atoms with E-state index in [1.807, 2.05) is 58.1 Å². The lowest BCUT2D eigenvalue weighted by Gasteiger charge is -2.27. The zero-order valence-corrected chi connectivity index (χ0v) is 16.6. The SMILES string of the molecule is N#CC(=Cc1cn(CC(=O)N2CCOCC2)c2ccccc12)c1ccc(Cl)cc1. The Morgan fingerprint density at radius 3 is 2.59 bits per heavy atom. The molecule has 6 heteroatoms. The molecule has 0 N–H and O–H groups in total.